The molecule has 2 N–H and O–H groups in total. The number of alkyl halides is 2. The summed E-state index contributed by atoms with van der Waals surface area (Å²) < 4.78 is 29.9. The van der Waals surface area contributed by atoms with Gasteiger partial charge >= 0.3 is 0 Å². The van der Waals surface area contributed by atoms with E-state index in [-0.39, 0.29) is 19.5 Å². The standard InChI is InChI=1S/C17H19F2N7/c1-26-10-11(7-24-26)13-6-14-15(22-5-4-21-14)16(25-13)23-9-12-8-20-3-2-17(12,18)19/h4-7,10,12,20H,2-3,8-9H2,1H3,(H,23,25). The largest absolute Gasteiger partial charge is 0.368 e. The third kappa shape index (κ3) is 3.22. The lowest BCUT2D eigenvalue weighted by Crippen LogP contribution is -2.47. The van der Waals surface area contributed by atoms with Crippen molar-refractivity contribution in [2.24, 2.45) is 13.0 Å². The molecule has 0 saturated carbocycles. The van der Waals surface area contributed by atoms with Gasteiger partial charge in [-0.05, 0) is 6.07 Å². The van der Waals surface area contributed by atoms with Crippen LogP contribution in [-0.4, -0.2) is 50.3 Å². The number of halogens is 2. The number of aryl methyl sites for hydroxylation is 1. The molecule has 0 amide bonds. The second-order valence-electron chi connectivity index (χ2n) is 6.48. The van der Waals surface area contributed by atoms with Crippen LogP contribution in [0.15, 0.2) is 30.9 Å². The van der Waals surface area contributed by atoms with Crippen molar-refractivity contribution in [1.82, 2.24) is 30.0 Å². The quantitative estimate of drug-likeness (QED) is 0.742. The van der Waals surface area contributed by atoms with E-state index >= 15 is 0 Å². The topological polar surface area (TPSA) is 80.5 Å². The first kappa shape index (κ1) is 16.8. The summed E-state index contributed by atoms with van der Waals surface area (Å²) in [6.07, 6.45) is 6.55. The van der Waals surface area contributed by atoms with Crippen LogP contribution in [0.25, 0.3) is 22.3 Å². The Morgan fingerprint density at radius 2 is 2.19 bits per heavy atom. The number of hydrogen-bond acceptors (Lipinski definition) is 6. The third-order valence-electron chi connectivity index (χ3n) is 4.60. The van der Waals surface area contributed by atoms with Gasteiger partial charge in [-0.1, -0.05) is 0 Å². The molecule has 3 aromatic rings. The number of pyridine rings is 1. The van der Waals surface area contributed by atoms with Crippen LogP contribution in [-0.2, 0) is 7.05 Å². The minimum atomic E-state index is -2.69. The van der Waals surface area contributed by atoms with E-state index < -0.39 is 11.8 Å². The Bertz CT molecular complexity index is 924. The predicted octanol–water partition coefficient (Wildman–Crippen LogP) is 2.08. The Morgan fingerprint density at radius 1 is 1.35 bits per heavy atom. The summed E-state index contributed by atoms with van der Waals surface area (Å²) in [6, 6.07) is 1.82. The number of nitrogens with one attached hydrogen (secondary N) is 2. The van der Waals surface area contributed by atoms with Crippen molar-refractivity contribution in [3.8, 4) is 11.3 Å². The Labute approximate surface area is 148 Å². The second kappa shape index (κ2) is 6.56. The first-order valence-electron chi connectivity index (χ1n) is 8.46. The monoisotopic (exact) mass is 359 g/mol. The Balaban J connectivity index is 1.67. The van der Waals surface area contributed by atoms with E-state index in [1.165, 1.54) is 0 Å². The number of nitrogens with zero attached hydrogens (tertiary/aromatic N) is 5. The molecule has 4 heterocycles. The molecule has 26 heavy (non-hydrogen) atoms. The summed E-state index contributed by atoms with van der Waals surface area (Å²) >= 11 is 0. The van der Waals surface area contributed by atoms with Crippen molar-refractivity contribution in [3.63, 3.8) is 0 Å². The molecule has 9 heteroatoms. The Hall–Kier alpha value is -2.68. The lowest BCUT2D eigenvalue weighted by Gasteiger charge is -2.32. The summed E-state index contributed by atoms with van der Waals surface area (Å²) in [4.78, 5) is 13.2. The zero-order valence-corrected chi connectivity index (χ0v) is 14.3. The fourth-order valence-electron chi connectivity index (χ4n) is 3.12. The summed E-state index contributed by atoms with van der Waals surface area (Å²) in [5.74, 6) is -3.04. The summed E-state index contributed by atoms with van der Waals surface area (Å²) in [5, 5.41) is 10.2. The molecule has 7 nitrogen and oxygen atoms in total. The van der Waals surface area contributed by atoms with Crippen LogP contribution >= 0.6 is 0 Å². The van der Waals surface area contributed by atoms with Gasteiger partial charge in [0.05, 0.1) is 23.3 Å². The Morgan fingerprint density at radius 3 is 2.96 bits per heavy atom. The molecule has 1 atom stereocenters. The van der Waals surface area contributed by atoms with E-state index in [2.05, 4.69) is 30.7 Å². The lowest BCUT2D eigenvalue weighted by molar-refractivity contribution is -0.0728. The highest BCUT2D eigenvalue weighted by Crippen LogP contribution is 2.31. The maximum absolute atomic E-state index is 14.1. The van der Waals surface area contributed by atoms with Crippen molar-refractivity contribution >= 4 is 16.9 Å². The lowest BCUT2D eigenvalue weighted by atomic mass is 9.95. The van der Waals surface area contributed by atoms with E-state index in [1.54, 1.807) is 23.3 Å². The minimum absolute atomic E-state index is 0.106. The molecule has 4 rings (SSSR count). The van der Waals surface area contributed by atoms with Crippen molar-refractivity contribution in [1.29, 1.82) is 0 Å². The molecule has 0 aromatic carbocycles. The van der Waals surface area contributed by atoms with E-state index in [1.807, 2.05) is 19.3 Å². The zero-order chi connectivity index (χ0) is 18.1. The van der Waals surface area contributed by atoms with Gasteiger partial charge in [-0.25, -0.2) is 18.7 Å². The normalized spacial score (nSPS) is 19.6. The second-order valence-corrected chi connectivity index (χ2v) is 6.48. The van der Waals surface area contributed by atoms with Crippen LogP contribution in [0.5, 0.6) is 0 Å². The molecule has 1 aliphatic heterocycles. The van der Waals surface area contributed by atoms with Gasteiger partial charge in [-0.15, -0.1) is 0 Å². The van der Waals surface area contributed by atoms with Gasteiger partial charge in [0.15, 0.2) is 5.82 Å². The van der Waals surface area contributed by atoms with Gasteiger partial charge in [0.1, 0.15) is 5.52 Å². The smallest absolute Gasteiger partial charge is 0.255 e. The van der Waals surface area contributed by atoms with Crippen LogP contribution in [0.4, 0.5) is 14.6 Å². The van der Waals surface area contributed by atoms with Crippen molar-refractivity contribution in [3.05, 3.63) is 30.9 Å². The third-order valence-corrected chi connectivity index (χ3v) is 4.60. The molecular weight excluding hydrogens is 340 g/mol. The number of piperidine rings is 1. The van der Waals surface area contributed by atoms with Crippen LogP contribution in [0.2, 0.25) is 0 Å². The summed E-state index contributed by atoms with van der Waals surface area (Å²) in [5.41, 5.74) is 2.71. The molecular formula is C17H19F2N7. The Kier molecular flexibility index (Phi) is 4.23. The van der Waals surface area contributed by atoms with Gasteiger partial charge in [-0.2, -0.15) is 5.10 Å². The number of rotatable bonds is 4. The highest BCUT2D eigenvalue weighted by atomic mass is 19.3. The van der Waals surface area contributed by atoms with Gasteiger partial charge in [0, 0.05) is 57.3 Å². The average Bonchev–Trinajstić information content (AvgIpc) is 3.06. The van der Waals surface area contributed by atoms with Crippen LogP contribution in [0, 0.1) is 5.92 Å². The molecule has 1 fully saturated rings. The number of anilines is 1. The fraction of sp³-hybridized carbons (Fsp3) is 0.412. The van der Waals surface area contributed by atoms with Crippen molar-refractivity contribution in [2.75, 3.05) is 25.0 Å². The van der Waals surface area contributed by atoms with Gasteiger partial charge < -0.3 is 10.6 Å². The maximum atomic E-state index is 14.1. The van der Waals surface area contributed by atoms with Crippen LogP contribution in [0.1, 0.15) is 6.42 Å². The van der Waals surface area contributed by atoms with Gasteiger partial charge in [0.2, 0.25) is 0 Å². The molecule has 0 radical (unpaired) electrons. The first-order valence-corrected chi connectivity index (χ1v) is 8.46. The molecule has 0 spiro atoms. The molecule has 1 unspecified atom stereocenters. The van der Waals surface area contributed by atoms with Gasteiger partial charge in [0.25, 0.3) is 5.92 Å². The highest BCUT2D eigenvalue weighted by Gasteiger charge is 2.41. The van der Waals surface area contributed by atoms with E-state index in [0.717, 1.165) is 5.56 Å². The molecule has 1 saturated heterocycles. The predicted molar refractivity (Wildman–Crippen MR) is 93.9 cm³/mol. The summed E-state index contributed by atoms with van der Waals surface area (Å²) in [7, 11) is 1.82. The molecule has 0 aliphatic carbocycles. The number of fused-ring (bicyclic) bond motifs is 1. The first-order chi connectivity index (χ1) is 12.5. The van der Waals surface area contributed by atoms with Crippen LogP contribution < -0.4 is 10.6 Å². The molecule has 136 valence electrons. The molecule has 1 aliphatic rings. The van der Waals surface area contributed by atoms with Gasteiger partial charge in [-0.3, -0.25) is 9.67 Å². The molecule has 0 bridgehead atoms. The molecule has 3 aromatic heterocycles. The SMILES string of the molecule is Cn1cc(-c2cc3nccnc3c(NCC3CNCCC3(F)F)n2)cn1. The zero-order valence-electron chi connectivity index (χ0n) is 14.3. The van der Waals surface area contributed by atoms with E-state index in [9.17, 15) is 8.78 Å². The highest BCUT2D eigenvalue weighted by molar-refractivity contribution is 5.88. The van der Waals surface area contributed by atoms with Crippen LogP contribution in [0.3, 0.4) is 0 Å². The minimum Gasteiger partial charge on any atom is -0.368 e. The summed E-state index contributed by atoms with van der Waals surface area (Å²) in [6.45, 7) is 0.716. The van der Waals surface area contributed by atoms with E-state index in [4.69, 9.17) is 0 Å². The maximum Gasteiger partial charge on any atom is 0.255 e. The average molecular weight is 359 g/mol. The fourth-order valence-corrected chi connectivity index (χ4v) is 3.12. The number of hydrogen-bond donors (Lipinski definition) is 2. The van der Waals surface area contributed by atoms with E-state index in [0.29, 0.717) is 29.1 Å². The van der Waals surface area contributed by atoms with Crippen molar-refractivity contribution in [2.45, 2.75) is 12.3 Å². The number of aromatic nitrogens is 5. The van der Waals surface area contributed by atoms with Crippen molar-refractivity contribution < 1.29 is 8.78 Å².